The second-order valence-corrected chi connectivity index (χ2v) is 11.8. The molecule has 0 atom stereocenters. The van der Waals surface area contributed by atoms with E-state index < -0.39 is 0 Å². The Bertz CT molecular complexity index is 1930. The van der Waals surface area contributed by atoms with Gasteiger partial charge in [0.1, 0.15) is 0 Å². The fourth-order valence-corrected chi connectivity index (χ4v) is 7.32. The minimum Gasteiger partial charge on any atom is -0.0619 e. The van der Waals surface area contributed by atoms with E-state index in [0.29, 0.717) is 0 Å². The number of benzene rings is 6. The smallest absolute Gasteiger partial charge is 0.0159 e. The SMILES string of the molecule is CC1(C)c2ccccc2-c2cc3c(cc21)-c1cc2c4ccccc4c4ccccc4c2cc1C3(C)C. The first-order valence-corrected chi connectivity index (χ1v) is 13.0. The third-order valence-electron chi connectivity index (χ3n) is 9.24. The molecule has 0 spiro atoms. The molecule has 0 bridgehead atoms. The summed E-state index contributed by atoms with van der Waals surface area (Å²) in [5.74, 6) is 0. The summed E-state index contributed by atoms with van der Waals surface area (Å²) in [4.78, 5) is 0. The Morgan fingerprint density at radius 3 is 1.33 bits per heavy atom. The monoisotopic (exact) mass is 460 g/mol. The molecule has 2 aliphatic rings. The van der Waals surface area contributed by atoms with Crippen LogP contribution in [0.5, 0.6) is 0 Å². The first-order valence-electron chi connectivity index (χ1n) is 13.0. The highest BCUT2D eigenvalue weighted by Gasteiger charge is 2.41. The molecule has 0 unspecified atom stereocenters. The van der Waals surface area contributed by atoms with Gasteiger partial charge in [0.2, 0.25) is 0 Å². The summed E-state index contributed by atoms with van der Waals surface area (Å²) in [6.45, 7) is 9.58. The van der Waals surface area contributed by atoms with Gasteiger partial charge in [0, 0.05) is 10.8 Å². The van der Waals surface area contributed by atoms with Gasteiger partial charge >= 0.3 is 0 Å². The molecule has 0 saturated carbocycles. The van der Waals surface area contributed by atoms with Gasteiger partial charge in [-0.15, -0.1) is 0 Å². The highest BCUT2D eigenvalue weighted by molar-refractivity contribution is 6.26. The molecule has 0 nitrogen and oxygen atoms in total. The minimum atomic E-state index is -0.0533. The van der Waals surface area contributed by atoms with E-state index in [1.807, 2.05) is 0 Å². The fourth-order valence-electron chi connectivity index (χ4n) is 7.32. The van der Waals surface area contributed by atoms with Gasteiger partial charge in [-0.05, 0) is 101 Å². The van der Waals surface area contributed by atoms with Crippen molar-refractivity contribution >= 4 is 32.3 Å². The molecule has 0 heteroatoms. The molecule has 36 heavy (non-hydrogen) atoms. The summed E-state index contributed by atoms with van der Waals surface area (Å²) in [6.07, 6.45) is 0. The van der Waals surface area contributed by atoms with E-state index >= 15 is 0 Å². The average molecular weight is 461 g/mol. The fraction of sp³-hybridized carbons (Fsp3) is 0.167. The molecule has 6 aromatic rings. The van der Waals surface area contributed by atoms with Crippen LogP contribution in [0.3, 0.4) is 0 Å². The molecule has 0 saturated heterocycles. The van der Waals surface area contributed by atoms with Crippen molar-refractivity contribution in [3.8, 4) is 22.3 Å². The molecule has 2 aliphatic carbocycles. The van der Waals surface area contributed by atoms with Crippen LogP contribution in [-0.2, 0) is 10.8 Å². The average Bonchev–Trinajstić information content (AvgIpc) is 3.26. The van der Waals surface area contributed by atoms with Gasteiger partial charge in [0.05, 0.1) is 0 Å². The summed E-state index contributed by atoms with van der Waals surface area (Å²) < 4.78 is 0. The second kappa shape index (κ2) is 6.45. The normalized spacial score (nSPS) is 16.2. The van der Waals surface area contributed by atoms with Crippen LogP contribution in [-0.4, -0.2) is 0 Å². The van der Waals surface area contributed by atoms with Crippen molar-refractivity contribution in [1.82, 2.24) is 0 Å². The Labute approximate surface area is 212 Å². The second-order valence-electron chi connectivity index (χ2n) is 11.8. The lowest BCUT2D eigenvalue weighted by Gasteiger charge is -2.24. The van der Waals surface area contributed by atoms with Crippen LogP contribution in [0.1, 0.15) is 49.9 Å². The van der Waals surface area contributed by atoms with Crippen LogP contribution in [0.4, 0.5) is 0 Å². The van der Waals surface area contributed by atoms with Gasteiger partial charge in [-0.3, -0.25) is 0 Å². The Morgan fingerprint density at radius 1 is 0.333 bits per heavy atom. The molecule has 0 N–H and O–H groups in total. The van der Waals surface area contributed by atoms with Crippen molar-refractivity contribution in [1.29, 1.82) is 0 Å². The molecule has 0 amide bonds. The summed E-state index contributed by atoms with van der Waals surface area (Å²) >= 11 is 0. The molecule has 172 valence electrons. The zero-order valence-corrected chi connectivity index (χ0v) is 21.2. The highest BCUT2D eigenvalue weighted by atomic mass is 14.4. The predicted molar refractivity (Wildman–Crippen MR) is 154 cm³/mol. The van der Waals surface area contributed by atoms with Gasteiger partial charge in [-0.25, -0.2) is 0 Å². The Kier molecular flexibility index (Phi) is 3.64. The van der Waals surface area contributed by atoms with E-state index in [1.165, 1.54) is 76.8 Å². The number of hydrogen-bond acceptors (Lipinski definition) is 0. The minimum absolute atomic E-state index is 0.00754. The standard InChI is InChI=1S/C36H28/c1-35(2)31-16-10-9-15-25(31)29-19-34-30(20-33(29)35)28-17-26-23-13-7-5-11-21(23)22-12-6-8-14-24(22)27(26)18-32(28)36(34,3)4/h5-20H,1-4H3. The molecule has 0 aliphatic heterocycles. The molecule has 8 rings (SSSR count). The third-order valence-corrected chi connectivity index (χ3v) is 9.24. The zero-order chi connectivity index (χ0) is 24.4. The molecular weight excluding hydrogens is 432 g/mol. The molecule has 0 aromatic heterocycles. The van der Waals surface area contributed by atoms with Crippen LogP contribution < -0.4 is 0 Å². The van der Waals surface area contributed by atoms with E-state index in [9.17, 15) is 0 Å². The molecule has 0 heterocycles. The highest BCUT2D eigenvalue weighted by Crippen LogP contribution is 2.57. The van der Waals surface area contributed by atoms with Crippen molar-refractivity contribution in [2.75, 3.05) is 0 Å². The molecule has 0 radical (unpaired) electrons. The predicted octanol–water partition coefficient (Wildman–Crippen LogP) is 9.76. The largest absolute Gasteiger partial charge is 0.0619 e. The van der Waals surface area contributed by atoms with E-state index in [0.717, 1.165) is 0 Å². The summed E-state index contributed by atoms with van der Waals surface area (Å²) in [5, 5.41) is 8.08. The Morgan fingerprint density at radius 2 is 0.722 bits per heavy atom. The van der Waals surface area contributed by atoms with E-state index in [-0.39, 0.29) is 10.8 Å². The summed E-state index contributed by atoms with van der Waals surface area (Å²) in [7, 11) is 0. The van der Waals surface area contributed by atoms with Crippen LogP contribution in [0.25, 0.3) is 54.6 Å². The maximum absolute atomic E-state index is 2.52. The number of fused-ring (bicyclic) bond motifs is 12. The Balaban J connectivity index is 1.50. The van der Waals surface area contributed by atoms with Gasteiger partial charge in [0.25, 0.3) is 0 Å². The lowest BCUT2D eigenvalue weighted by atomic mass is 9.79. The maximum atomic E-state index is 2.52. The van der Waals surface area contributed by atoms with Crippen molar-refractivity contribution < 1.29 is 0 Å². The maximum Gasteiger partial charge on any atom is 0.0159 e. The first kappa shape index (κ1) is 20.3. The van der Waals surface area contributed by atoms with Gasteiger partial charge in [0.15, 0.2) is 0 Å². The van der Waals surface area contributed by atoms with E-state index in [2.05, 4.69) is 125 Å². The Hall–Kier alpha value is -3.90. The molecule has 6 aromatic carbocycles. The first-order chi connectivity index (χ1) is 17.4. The lowest BCUT2D eigenvalue weighted by Crippen LogP contribution is -2.17. The topological polar surface area (TPSA) is 0 Å². The third kappa shape index (κ3) is 2.31. The van der Waals surface area contributed by atoms with E-state index in [4.69, 9.17) is 0 Å². The van der Waals surface area contributed by atoms with Gasteiger partial charge < -0.3 is 0 Å². The van der Waals surface area contributed by atoms with Crippen molar-refractivity contribution in [3.05, 3.63) is 119 Å². The van der Waals surface area contributed by atoms with E-state index in [1.54, 1.807) is 0 Å². The quantitative estimate of drug-likeness (QED) is 0.198. The summed E-state index contributed by atoms with van der Waals surface area (Å²) in [6, 6.07) is 36.8. The van der Waals surface area contributed by atoms with Crippen LogP contribution in [0.2, 0.25) is 0 Å². The van der Waals surface area contributed by atoms with Gasteiger partial charge in [-0.2, -0.15) is 0 Å². The summed E-state index contributed by atoms with van der Waals surface area (Å²) in [5.41, 5.74) is 11.4. The van der Waals surface area contributed by atoms with Gasteiger partial charge in [-0.1, -0.05) is 100 Å². The van der Waals surface area contributed by atoms with Crippen LogP contribution in [0, 0.1) is 0 Å². The van der Waals surface area contributed by atoms with Crippen molar-refractivity contribution in [2.24, 2.45) is 0 Å². The lowest BCUT2D eigenvalue weighted by molar-refractivity contribution is 0.652. The van der Waals surface area contributed by atoms with Crippen molar-refractivity contribution in [2.45, 2.75) is 38.5 Å². The molecular formula is C36H28. The van der Waals surface area contributed by atoms with Crippen LogP contribution in [0.15, 0.2) is 97.1 Å². The number of rotatable bonds is 0. The van der Waals surface area contributed by atoms with Crippen LogP contribution >= 0.6 is 0 Å². The molecule has 0 fully saturated rings. The number of hydrogen-bond donors (Lipinski definition) is 0. The zero-order valence-electron chi connectivity index (χ0n) is 21.2. The van der Waals surface area contributed by atoms with Crippen molar-refractivity contribution in [3.63, 3.8) is 0 Å².